The van der Waals surface area contributed by atoms with Crippen molar-refractivity contribution in [3.05, 3.63) is 89.7 Å². The van der Waals surface area contributed by atoms with Crippen LogP contribution in [0.5, 0.6) is 17.2 Å². The maximum absolute atomic E-state index is 13.3. The maximum atomic E-state index is 13.3. The first kappa shape index (κ1) is 34.7. The van der Waals surface area contributed by atoms with Crippen LogP contribution >= 0.6 is 0 Å². The Labute approximate surface area is 296 Å². The molecular formula is C38H44N4O9. The second-order valence-corrected chi connectivity index (χ2v) is 13.6. The normalized spacial score (nSPS) is 20.4. The molecule has 1 aromatic heterocycles. The van der Waals surface area contributed by atoms with Crippen molar-refractivity contribution in [2.45, 2.75) is 64.4 Å². The Morgan fingerprint density at radius 1 is 1.00 bits per heavy atom. The van der Waals surface area contributed by atoms with E-state index in [9.17, 15) is 9.90 Å². The molecule has 5 unspecified atom stereocenters. The minimum absolute atomic E-state index is 0.00674. The number of carbonyl (C=O) groups excluding carboxylic acids is 1. The summed E-state index contributed by atoms with van der Waals surface area (Å²) in [5.74, 6) is 3.27. The number of hydrogen-bond donors (Lipinski definition) is 2. The topological polar surface area (TPSA) is 147 Å². The number of carbonyl (C=O) groups is 1. The van der Waals surface area contributed by atoms with Gasteiger partial charge in [-0.3, -0.25) is 4.90 Å². The lowest BCUT2D eigenvalue weighted by atomic mass is 10.00. The van der Waals surface area contributed by atoms with Gasteiger partial charge in [0.05, 0.1) is 31.3 Å². The Morgan fingerprint density at radius 2 is 1.80 bits per heavy atom. The van der Waals surface area contributed by atoms with Gasteiger partial charge in [-0.25, -0.2) is 4.79 Å². The summed E-state index contributed by atoms with van der Waals surface area (Å²) in [6, 6.07) is 22.3. The Bertz CT molecular complexity index is 1730. The number of benzene rings is 3. The van der Waals surface area contributed by atoms with Crippen molar-refractivity contribution in [3.63, 3.8) is 0 Å². The molecule has 2 saturated heterocycles. The summed E-state index contributed by atoms with van der Waals surface area (Å²) in [6.45, 7) is 7.13. The maximum Gasteiger partial charge on any atom is 0.407 e. The molecule has 0 aliphatic carbocycles. The molecule has 0 radical (unpaired) electrons. The van der Waals surface area contributed by atoms with Gasteiger partial charge in [0, 0.05) is 25.2 Å². The number of ether oxygens (including phenoxy) is 6. The molecule has 270 valence electrons. The van der Waals surface area contributed by atoms with Crippen molar-refractivity contribution in [3.8, 4) is 28.7 Å². The highest BCUT2D eigenvalue weighted by atomic mass is 16.7. The minimum atomic E-state index is -0.916. The third-order valence-electron chi connectivity index (χ3n) is 9.16. The van der Waals surface area contributed by atoms with E-state index in [0.29, 0.717) is 55.2 Å². The molecule has 4 aromatic rings. The summed E-state index contributed by atoms with van der Waals surface area (Å²) in [5, 5.41) is 18.8. The number of hydrogen-bond acceptors (Lipinski definition) is 12. The molecule has 7 rings (SSSR count). The molecule has 51 heavy (non-hydrogen) atoms. The number of rotatable bonds is 15. The van der Waals surface area contributed by atoms with Crippen LogP contribution < -0.4 is 19.5 Å². The van der Waals surface area contributed by atoms with Gasteiger partial charge < -0.3 is 43.4 Å². The third kappa shape index (κ3) is 8.98. The van der Waals surface area contributed by atoms with Crippen LogP contribution in [0.1, 0.15) is 37.2 Å². The lowest BCUT2D eigenvalue weighted by molar-refractivity contribution is -0.0907. The largest absolute Gasteiger partial charge is 0.485 e. The first-order chi connectivity index (χ1) is 24.9. The average molecular weight is 701 g/mol. The summed E-state index contributed by atoms with van der Waals surface area (Å²) in [6.07, 6.45) is -1.12. The Hall–Kier alpha value is -4.69. The summed E-state index contributed by atoms with van der Waals surface area (Å²) < 4.78 is 39.5. The highest BCUT2D eigenvalue weighted by molar-refractivity contribution is 5.68. The first-order valence-corrected chi connectivity index (χ1v) is 17.5. The highest BCUT2D eigenvalue weighted by Gasteiger charge is 2.44. The van der Waals surface area contributed by atoms with Crippen LogP contribution in [0.2, 0.25) is 0 Å². The zero-order valence-corrected chi connectivity index (χ0v) is 28.8. The lowest BCUT2D eigenvalue weighted by Crippen LogP contribution is -2.50. The molecule has 0 saturated carbocycles. The van der Waals surface area contributed by atoms with E-state index in [1.54, 1.807) is 0 Å². The molecular weight excluding hydrogens is 656 g/mol. The Morgan fingerprint density at radius 3 is 2.63 bits per heavy atom. The van der Waals surface area contributed by atoms with Crippen LogP contribution in [0, 0.1) is 11.8 Å². The van der Waals surface area contributed by atoms with E-state index in [2.05, 4.69) is 34.2 Å². The number of amides is 1. The van der Waals surface area contributed by atoms with Gasteiger partial charge in [0.1, 0.15) is 11.9 Å². The lowest BCUT2D eigenvalue weighted by Gasteiger charge is -2.31. The number of alkyl carbamates (subject to hydrolysis) is 1. The molecule has 2 N–H and O–H groups in total. The van der Waals surface area contributed by atoms with E-state index in [4.69, 9.17) is 32.9 Å². The molecule has 0 spiro atoms. The summed E-state index contributed by atoms with van der Waals surface area (Å²) >= 11 is 0. The predicted molar refractivity (Wildman–Crippen MR) is 184 cm³/mol. The molecule has 3 aromatic carbocycles. The Kier molecular flexibility index (Phi) is 11.0. The molecule has 1 amide bonds. The van der Waals surface area contributed by atoms with Gasteiger partial charge in [-0.05, 0) is 66.3 Å². The fraction of sp³-hybridized carbons (Fsp3) is 0.447. The van der Waals surface area contributed by atoms with Crippen molar-refractivity contribution < 1.29 is 42.8 Å². The number of aromatic nitrogens is 2. The van der Waals surface area contributed by atoms with E-state index in [-0.39, 0.29) is 32.2 Å². The first-order valence-electron chi connectivity index (χ1n) is 17.5. The number of aliphatic hydroxyl groups excluding tert-OH is 1. The third-order valence-corrected chi connectivity index (χ3v) is 9.16. The smallest absolute Gasteiger partial charge is 0.407 e. The van der Waals surface area contributed by atoms with Crippen molar-refractivity contribution >= 4 is 6.09 Å². The van der Waals surface area contributed by atoms with Crippen molar-refractivity contribution in [2.24, 2.45) is 11.8 Å². The van der Waals surface area contributed by atoms with Gasteiger partial charge in [0.25, 0.3) is 5.89 Å². The van der Waals surface area contributed by atoms with E-state index in [0.717, 1.165) is 35.4 Å². The van der Waals surface area contributed by atoms with E-state index < -0.39 is 24.3 Å². The zero-order valence-electron chi connectivity index (χ0n) is 28.8. The fourth-order valence-corrected chi connectivity index (χ4v) is 6.70. The second kappa shape index (κ2) is 16.1. The van der Waals surface area contributed by atoms with Gasteiger partial charge in [0.15, 0.2) is 24.4 Å². The van der Waals surface area contributed by atoms with E-state index in [1.807, 2.05) is 72.8 Å². The Balaban J connectivity index is 1.01. The fourth-order valence-electron chi connectivity index (χ4n) is 6.70. The van der Waals surface area contributed by atoms with Crippen molar-refractivity contribution in [1.82, 2.24) is 20.4 Å². The summed E-state index contributed by atoms with van der Waals surface area (Å²) in [7, 11) is 0. The van der Waals surface area contributed by atoms with Crippen molar-refractivity contribution in [2.75, 3.05) is 33.1 Å². The van der Waals surface area contributed by atoms with Gasteiger partial charge in [-0.2, -0.15) is 4.98 Å². The molecule has 5 atom stereocenters. The van der Waals surface area contributed by atoms with Gasteiger partial charge in [-0.15, -0.1) is 0 Å². The molecule has 13 nitrogen and oxygen atoms in total. The predicted octanol–water partition coefficient (Wildman–Crippen LogP) is 4.96. The average Bonchev–Trinajstić information content (AvgIpc) is 3.94. The molecule has 2 fully saturated rings. The molecule has 3 aliphatic heterocycles. The van der Waals surface area contributed by atoms with Crippen LogP contribution in [0.25, 0.3) is 11.5 Å². The quantitative estimate of drug-likeness (QED) is 0.173. The molecule has 4 heterocycles. The van der Waals surface area contributed by atoms with Crippen LogP contribution in [0.3, 0.4) is 0 Å². The minimum Gasteiger partial charge on any atom is -0.485 e. The van der Waals surface area contributed by atoms with E-state index in [1.165, 1.54) is 0 Å². The van der Waals surface area contributed by atoms with Crippen LogP contribution in [0.4, 0.5) is 4.79 Å². The monoisotopic (exact) mass is 700 g/mol. The van der Waals surface area contributed by atoms with E-state index >= 15 is 0 Å². The van der Waals surface area contributed by atoms with Gasteiger partial charge in [0.2, 0.25) is 12.6 Å². The van der Waals surface area contributed by atoms with Gasteiger partial charge >= 0.3 is 6.09 Å². The van der Waals surface area contributed by atoms with Crippen LogP contribution in [-0.2, 0) is 33.8 Å². The summed E-state index contributed by atoms with van der Waals surface area (Å²) in [4.78, 5) is 19.9. The number of nitrogens with one attached hydrogen (secondary N) is 1. The van der Waals surface area contributed by atoms with Gasteiger partial charge in [-0.1, -0.05) is 55.4 Å². The standard InChI is InChI=1S/C38H44N4O9/c1-24(2)18-42(19-26-10-13-32-33(17-26)49-23-48-32)20-31(43)30(39-38(44)50-34-21-47-37-29(34)14-15-45-37)16-25-8-11-28(12-9-25)46-22-35-40-36(51-41-35)27-6-4-3-5-7-27/h3-13,17,24,29-31,34,37,43H,14-16,18-23H2,1-2H3,(H,39,44). The molecule has 13 heteroatoms. The number of aliphatic hydroxyl groups is 1. The molecule has 3 aliphatic rings. The zero-order chi connectivity index (χ0) is 35.2. The number of nitrogens with zero attached hydrogens (tertiary/aromatic N) is 3. The van der Waals surface area contributed by atoms with Crippen LogP contribution in [0.15, 0.2) is 77.3 Å². The number of fused-ring (bicyclic) bond motifs is 2. The highest BCUT2D eigenvalue weighted by Crippen LogP contribution is 2.34. The van der Waals surface area contributed by atoms with Crippen LogP contribution in [-0.4, -0.2) is 83.9 Å². The molecule has 0 bridgehead atoms. The van der Waals surface area contributed by atoms with Crippen molar-refractivity contribution in [1.29, 1.82) is 0 Å². The summed E-state index contributed by atoms with van der Waals surface area (Å²) in [5.41, 5.74) is 2.78. The SMILES string of the molecule is CC(C)CN(Cc1ccc2c(c1)OCO2)CC(O)C(Cc1ccc(OCc2noc(-c3ccccc3)n2)cc1)NC(=O)OC1COC2OCCC12. The second-order valence-electron chi connectivity index (χ2n) is 13.6.